The Labute approximate surface area is 143 Å². The number of hydrogen-bond donors (Lipinski definition) is 0. The molecule has 0 unspecified atom stereocenters. The van der Waals surface area contributed by atoms with Crippen molar-refractivity contribution in [2.45, 2.75) is 6.54 Å². The lowest BCUT2D eigenvalue weighted by molar-refractivity contribution is -0.134. The average Bonchev–Trinajstić information content (AvgIpc) is 2.64. The van der Waals surface area contributed by atoms with E-state index in [9.17, 15) is 9.59 Å². The molecule has 2 aliphatic heterocycles. The Bertz CT molecular complexity index is 535. The molecule has 2 heterocycles. The van der Waals surface area contributed by atoms with Crippen molar-refractivity contribution in [2.75, 3.05) is 58.9 Å². The average molecular weight is 330 g/mol. The number of amides is 2. The molecule has 2 amide bonds. The van der Waals surface area contributed by atoms with E-state index >= 15 is 0 Å². The Kier molecular flexibility index (Phi) is 5.82. The smallest absolute Gasteiger partial charge is 0.236 e. The van der Waals surface area contributed by atoms with Gasteiger partial charge in [0.05, 0.1) is 6.54 Å². The molecule has 0 bridgehead atoms. The molecule has 24 heavy (non-hydrogen) atoms. The zero-order chi connectivity index (χ0) is 16.8. The van der Waals surface area contributed by atoms with Gasteiger partial charge in [0, 0.05) is 58.9 Å². The largest absolute Gasteiger partial charge is 0.343 e. The summed E-state index contributed by atoms with van der Waals surface area (Å²) in [5.74, 6) is 0.217. The van der Waals surface area contributed by atoms with Crippen LogP contribution in [0, 0.1) is 0 Å². The maximum atomic E-state index is 12.5. The number of rotatable bonds is 5. The first-order valence-corrected chi connectivity index (χ1v) is 8.70. The van der Waals surface area contributed by atoms with E-state index in [2.05, 4.69) is 34.1 Å². The van der Waals surface area contributed by atoms with E-state index in [-0.39, 0.29) is 5.91 Å². The summed E-state index contributed by atoms with van der Waals surface area (Å²) in [6.07, 6.45) is 0.894. The van der Waals surface area contributed by atoms with Gasteiger partial charge in [0.15, 0.2) is 0 Å². The van der Waals surface area contributed by atoms with Crippen LogP contribution in [0.1, 0.15) is 5.56 Å². The van der Waals surface area contributed by atoms with Gasteiger partial charge in [-0.25, -0.2) is 0 Å². The van der Waals surface area contributed by atoms with E-state index in [0.29, 0.717) is 6.54 Å². The number of hydrogen-bond acceptors (Lipinski definition) is 4. The summed E-state index contributed by atoms with van der Waals surface area (Å²) < 4.78 is 0. The third kappa shape index (κ3) is 4.55. The topological polar surface area (TPSA) is 47.1 Å². The predicted octanol–water partition coefficient (Wildman–Crippen LogP) is 0.105. The zero-order valence-corrected chi connectivity index (χ0v) is 14.1. The fourth-order valence-electron chi connectivity index (χ4n) is 3.32. The van der Waals surface area contributed by atoms with Crippen molar-refractivity contribution in [3.8, 4) is 0 Å². The highest BCUT2D eigenvalue weighted by molar-refractivity contribution is 5.78. The summed E-state index contributed by atoms with van der Waals surface area (Å²) in [4.78, 5) is 31.5. The van der Waals surface area contributed by atoms with Crippen molar-refractivity contribution in [2.24, 2.45) is 0 Å². The van der Waals surface area contributed by atoms with Gasteiger partial charge in [0.2, 0.25) is 12.3 Å². The lowest BCUT2D eigenvalue weighted by Gasteiger charge is -2.37. The van der Waals surface area contributed by atoms with Crippen LogP contribution in [0.2, 0.25) is 0 Å². The fourth-order valence-corrected chi connectivity index (χ4v) is 3.32. The first kappa shape index (κ1) is 16.9. The van der Waals surface area contributed by atoms with Crippen LogP contribution >= 0.6 is 0 Å². The third-order valence-electron chi connectivity index (χ3n) is 4.89. The fraction of sp³-hybridized carbons (Fsp3) is 0.556. The molecule has 1 aromatic carbocycles. The summed E-state index contributed by atoms with van der Waals surface area (Å²) in [7, 11) is 0. The number of benzene rings is 1. The molecule has 0 N–H and O–H groups in total. The minimum Gasteiger partial charge on any atom is -0.343 e. The first-order valence-electron chi connectivity index (χ1n) is 8.70. The van der Waals surface area contributed by atoms with Gasteiger partial charge in [-0.3, -0.25) is 19.4 Å². The van der Waals surface area contributed by atoms with E-state index in [1.807, 2.05) is 11.0 Å². The van der Waals surface area contributed by atoms with Crippen molar-refractivity contribution in [1.82, 2.24) is 19.6 Å². The molecule has 0 atom stereocenters. The molecule has 6 heteroatoms. The van der Waals surface area contributed by atoms with Crippen LogP contribution in [0.5, 0.6) is 0 Å². The van der Waals surface area contributed by atoms with Gasteiger partial charge in [-0.15, -0.1) is 0 Å². The van der Waals surface area contributed by atoms with Gasteiger partial charge in [0.25, 0.3) is 0 Å². The normalized spacial score (nSPS) is 20.2. The van der Waals surface area contributed by atoms with E-state index in [4.69, 9.17) is 0 Å². The Balaban J connectivity index is 1.40. The van der Waals surface area contributed by atoms with Crippen molar-refractivity contribution < 1.29 is 9.59 Å². The molecule has 0 spiro atoms. The Morgan fingerprint density at radius 1 is 0.875 bits per heavy atom. The van der Waals surface area contributed by atoms with Crippen molar-refractivity contribution in [3.63, 3.8) is 0 Å². The number of carbonyl (C=O) groups excluding carboxylic acids is 2. The molecule has 0 aromatic heterocycles. The van der Waals surface area contributed by atoms with Gasteiger partial charge in [-0.1, -0.05) is 30.3 Å². The van der Waals surface area contributed by atoms with Gasteiger partial charge >= 0.3 is 0 Å². The highest BCUT2D eigenvalue weighted by Gasteiger charge is 2.24. The molecule has 1 aromatic rings. The molecule has 3 rings (SSSR count). The van der Waals surface area contributed by atoms with E-state index in [0.717, 1.165) is 65.3 Å². The molecule has 6 nitrogen and oxygen atoms in total. The number of piperazine rings is 2. The SMILES string of the molecule is O=CN1CCN(CC(=O)N2CCN(Cc3ccccc3)CC2)CC1. The molecule has 2 aliphatic rings. The summed E-state index contributed by atoms with van der Waals surface area (Å²) in [5.41, 5.74) is 1.32. The van der Waals surface area contributed by atoms with Crippen LogP contribution < -0.4 is 0 Å². The number of nitrogens with zero attached hydrogens (tertiary/aromatic N) is 4. The van der Waals surface area contributed by atoms with Crippen LogP contribution in [0.15, 0.2) is 30.3 Å². The van der Waals surface area contributed by atoms with Gasteiger partial charge in [-0.2, -0.15) is 0 Å². The van der Waals surface area contributed by atoms with Gasteiger partial charge in [-0.05, 0) is 5.56 Å². The minimum atomic E-state index is 0.217. The number of carbonyl (C=O) groups is 2. The van der Waals surface area contributed by atoms with Crippen LogP contribution in [0.3, 0.4) is 0 Å². The quantitative estimate of drug-likeness (QED) is 0.719. The van der Waals surface area contributed by atoms with Crippen LogP contribution in [-0.2, 0) is 16.1 Å². The second kappa shape index (κ2) is 8.26. The lowest BCUT2D eigenvalue weighted by Crippen LogP contribution is -2.53. The van der Waals surface area contributed by atoms with Crippen LogP contribution in [-0.4, -0.2) is 90.8 Å². The van der Waals surface area contributed by atoms with Gasteiger partial charge < -0.3 is 9.80 Å². The summed E-state index contributed by atoms with van der Waals surface area (Å²) in [6.45, 7) is 7.93. The first-order chi connectivity index (χ1) is 11.7. The molecule has 2 saturated heterocycles. The Hall–Kier alpha value is -1.92. The third-order valence-corrected chi connectivity index (χ3v) is 4.89. The highest BCUT2D eigenvalue weighted by Crippen LogP contribution is 2.09. The molecule has 0 aliphatic carbocycles. The standard InChI is InChI=1S/C18H26N4O2/c23-16-21-8-6-20(7-9-21)15-18(24)22-12-10-19(11-13-22)14-17-4-2-1-3-5-17/h1-5,16H,6-15H2. The van der Waals surface area contributed by atoms with E-state index in [1.165, 1.54) is 5.56 Å². The monoisotopic (exact) mass is 330 g/mol. The predicted molar refractivity (Wildman–Crippen MR) is 92.4 cm³/mol. The lowest BCUT2D eigenvalue weighted by atomic mass is 10.2. The van der Waals surface area contributed by atoms with E-state index < -0.39 is 0 Å². The van der Waals surface area contributed by atoms with Crippen molar-refractivity contribution in [3.05, 3.63) is 35.9 Å². The van der Waals surface area contributed by atoms with Gasteiger partial charge in [0.1, 0.15) is 0 Å². The highest BCUT2D eigenvalue weighted by atomic mass is 16.2. The Morgan fingerprint density at radius 3 is 2.12 bits per heavy atom. The van der Waals surface area contributed by atoms with E-state index in [1.54, 1.807) is 4.90 Å². The molecule has 0 radical (unpaired) electrons. The summed E-state index contributed by atoms with van der Waals surface area (Å²) in [5, 5.41) is 0. The maximum Gasteiger partial charge on any atom is 0.236 e. The van der Waals surface area contributed by atoms with Crippen LogP contribution in [0.4, 0.5) is 0 Å². The van der Waals surface area contributed by atoms with Crippen LogP contribution in [0.25, 0.3) is 0 Å². The molecule has 2 fully saturated rings. The molecule has 130 valence electrons. The second-order valence-corrected chi connectivity index (χ2v) is 6.56. The van der Waals surface area contributed by atoms with Crippen molar-refractivity contribution >= 4 is 12.3 Å². The summed E-state index contributed by atoms with van der Waals surface area (Å²) >= 11 is 0. The summed E-state index contributed by atoms with van der Waals surface area (Å²) in [6, 6.07) is 10.5. The zero-order valence-electron chi connectivity index (χ0n) is 14.1. The minimum absolute atomic E-state index is 0.217. The molecular formula is C18H26N4O2. The Morgan fingerprint density at radius 2 is 1.50 bits per heavy atom. The van der Waals surface area contributed by atoms with Crippen molar-refractivity contribution in [1.29, 1.82) is 0 Å². The second-order valence-electron chi connectivity index (χ2n) is 6.56. The molecular weight excluding hydrogens is 304 g/mol. The molecule has 0 saturated carbocycles. The maximum absolute atomic E-state index is 12.5.